The zero-order chi connectivity index (χ0) is 18.5. The molecule has 5 nitrogen and oxygen atoms in total. The van der Waals surface area contributed by atoms with Crippen LogP contribution in [0.25, 0.3) is 0 Å². The Kier molecular flexibility index (Phi) is 6.43. The zero-order valence-electron chi connectivity index (χ0n) is 16.3. The van der Waals surface area contributed by atoms with Crippen LogP contribution in [0.15, 0.2) is 30.3 Å². The third-order valence-corrected chi connectivity index (χ3v) is 6.44. The van der Waals surface area contributed by atoms with E-state index in [2.05, 4.69) is 45.4 Å². The number of rotatable bonds is 6. The van der Waals surface area contributed by atoms with E-state index in [1.54, 1.807) is 0 Å². The highest BCUT2D eigenvalue weighted by atomic mass is 16.5. The summed E-state index contributed by atoms with van der Waals surface area (Å²) in [4.78, 5) is 17.6. The Balaban J connectivity index is 1.19. The van der Waals surface area contributed by atoms with Gasteiger partial charge in [0, 0.05) is 13.0 Å². The SMILES string of the molecule is O=C(CC1CCN(Cc2ccccc2)CC1)N[C@H]1COC[C@@H]1N1CCCC1. The summed E-state index contributed by atoms with van der Waals surface area (Å²) in [5.74, 6) is 0.737. The topological polar surface area (TPSA) is 44.8 Å². The molecule has 0 bridgehead atoms. The number of carbonyl (C=O) groups excluding carboxylic acids is 1. The summed E-state index contributed by atoms with van der Waals surface area (Å²) in [6.07, 6.45) is 5.47. The maximum Gasteiger partial charge on any atom is 0.220 e. The first kappa shape index (κ1) is 18.9. The van der Waals surface area contributed by atoms with Crippen molar-refractivity contribution in [3.05, 3.63) is 35.9 Å². The van der Waals surface area contributed by atoms with Crippen LogP contribution in [0.4, 0.5) is 0 Å². The van der Waals surface area contributed by atoms with Gasteiger partial charge in [0.2, 0.25) is 5.91 Å². The molecule has 0 aliphatic carbocycles. The van der Waals surface area contributed by atoms with Crippen LogP contribution in [0.1, 0.15) is 37.7 Å². The molecule has 0 aromatic heterocycles. The average molecular weight is 372 g/mol. The first-order chi connectivity index (χ1) is 13.3. The first-order valence-corrected chi connectivity index (χ1v) is 10.7. The maximum absolute atomic E-state index is 12.6. The lowest BCUT2D eigenvalue weighted by Crippen LogP contribution is -2.50. The number of hydrogen-bond donors (Lipinski definition) is 1. The molecule has 148 valence electrons. The van der Waals surface area contributed by atoms with Gasteiger partial charge in [0.1, 0.15) is 0 Å². The van der Waals surface area contributed by atoms with Gasteiger partial charge in [-0.1, -0.05) is 30.3 Å². The van der Waals surface area contributed by atoms with Crippen LogP contribution in [0.3, 0.4) is 0 Å². The van der Waals surface area contributed by atoms with Crippen LogP contribution in [0, 0.1) is 5.92 Å². The number of hydrogen-bond acceptors (Lipinski definition) is 4. The summed E-state index contributed by atoms with van der Waals surface area (Å²) in [5.41, 5.74) is 1.38. The fraction of sp³-hybridized carbons (Fsp3) is 0.682. The molecule has 1 amide bonds. The smallest absolute Gasteiger partial charge is 0.220 e. The number of benzene rings is 1. The largest absolute Gasteiger partial charge is 0.378 e. The standard InChI is InChI=1S/C22H33N3O2/c26-22(23-20-16-27-17-21(20)25-10-4-5-11-25)14-18-8-12-24(13-9-18)15-19-6-2-1-3-7-19/h1-3,6-7,18,20-21H,4-5,8-17H2,(H,23,26)/t20-,21-/m0/s1. The highest BCUT2D eigenvalue weighted by molar-refractivity contribution is 5.76. The van der Waals surface area contributed by atoms with Crippen molar-refractivity contribution in [2.24, 2.45) is 5.92 Å². The van der Waals surface area contributed by atoms with Gasteiger partial charge in [0.15, 0.2) is 0 Å². The van der Waals surface area contributed by atoms with Gasteiger partial charge >= 0.3 is 0 Å². The van der Waals surface area contributed by atoms with Crippen LogP contribution < -0.4 is 5.32 Å². The Hall–Kier alpha value is -1.43. The highest BCUT2D eigenvalue weighted by Gasteiger charge is 2.35. The quantitative estimate of drug-likeness (QED) is 0.833. The number of carbonyl (C=O) groups is 1. The fourth-order valence-electron chi connectivity index (χ4n) is 4.83. The molecule has 3 heterocycles. The number of nitrogens with one attached hydrogen (secondary N) is 1. The van der Waals surface area contributed by atoms with Gasteiger partial charge < -0.3 is 10.1 Å². The van der Waals surface area contributed by atoms with E-state index in [1.807, 2.05) is 0 Å². The van der Waals surface area contributed by atoms with E-state index in [4.69, 9.17) is 4.74 Å². The van der Waals surface area contributed by atoms with E-state index in [-0.39, 0.29) is 11.9 Å². The number of piperidine rings is 1. The van der Waals surface area contributed by atoms with Crippen molar-refractivity contribution < 1.29 is 9.53 Å². The van der Waals surface area contributed by atoms with Gasteiger partial charge in [0.25, 0.3) is 0 Å². The van der Waals surface area contributed by atoms with Crippen molar-refractivity contribution in [3.63, 3.8) is 0 Å². The average Bonchev–Trinajstić information content (AvgIpc) is 3.36. The van der Waals surface area contributed by atoms with Gasteiger partial charge in [-0.15, -0.1) is 0 Å². The number of ether oxygens (including phenoxy) is 1. The van der Waals surface area contributed by atoms with Crippen LogP contribution in [-0.2, 0) is 16.1 Å². The second kappa shape index (κ2) is 9.18. The van der Waals surface area contributed by atoms with Gasteiger partial charge in [-0.05, 0) is 63.3 Å². The third-order valence-electron chi connectivity index (χ3n) is 6.44. The van der Waals surface area contributed by atoms with Gasteiger partial charge in [-0.2, -0.15) is 0 Å². The first-order valence-electron chi connectivity index (χ1n) is 10.7. The summed E-state index contributed by atoms with van der Waals surface area (Å²) < 4.78 is 5.68. The van der Waals surface area contributed by atoms with Crippen molar-refractivity contribution in [1.29, 1.82) is 0 Å². The predicted molar refractivity (Wildman–Crippen MR) is 106 cm³/mol. The Morgan fingerprint density at radius 1 is 1.04 bits per heavy atom. The van der Waals surface area contributed by atoms with E-state index in [9.17, 15) is 4.79 Å². The van der Waals surface area contributed by atoms with Crippen molar-refractivity contribution in [2.75, 3.05) is 39.4 Å². The molecule has 0 unspecified atom stereocenters. The molecule has 1 aromatic rings. The van der Waals surface area contributed by atoms with Crippen molar-refractivity contribution in [3.8, 4) is 0 Å². The van der Waals surface area contributed by atoms with Crippen molar-refractivity contribution in [1.82, 2.24) is 15.1 Å². The molecule has 4 rings (SSSR count). The minimum Gasteiger partial charge on any atom is -0.378 e. The molecular weight excluding hydrogens is 338 g/mol. The monoisotopic (exact) mass is 371 g/mol. The molecule has 3 fully saturated rings. The fourth-order valence-corrected chi connectivity index (χ4v) is 4.83. The maximum atomic E-state index is 12.6. The molecule has 5 heteroatoms. The Morgan fingerprint density at radius 2 is 1.78 bits per heavy atom. The summed E-state index contributed by atoms with van der Waals surface area (Å²) in [7, 11) is 0. The summed E-state index contributed by atoms with van der Waals surface area (Å²) in [6.45, 7) is 6.95. The molecule has 27 heavy (non-hydrogen) atoms. The highest BCUT2D eigenvalue weighted by Crippen LogP contribution is 2.23. The molecule has 3 aliphatic heterocycles. The van der Waals surface area contributed by atoms with Crippen LogP contribution >= 0.6 is 0 Å². The van der Waals surface area contributed by atoms with E-state index < -0.39 is 0 Å². The number of amides is 1. The van der Waals surface area contributed by atoms with Gasteiger partial charge in [-0.25, -0.2) is 0 Å². The molecule has 0 saturated carbocycles. The van der Waals surface area contributed by atoms with Crippen LogP contribution in [-0.4, -0.2) is 67.2 Å². The normalized spacial score (nSPS) is 27.9. The zero-order valence-corrected chi connectivity index (χ0v) is 16.3. The summed E-state index contributed by atoms with van der Waals surface area (Å²) in [5, 5.41) is 3.28. The molecule has 1 aromatic carbocycles. The van der Waals surface area contributed by atoms with E-state index in [1.165, 1.54) is 18.4 Å². The second-order valence-corrected chi connectivity index (χ2v) is 8.43. The molecule has 1 N–H and O–H groups in total. The van der Waals surface area contributed by atoms with Crippen molar-refractivity contribution in [2.45, 2.75) is 50.7 Å². The number of nitrogens with zero attached hydrogens (tertiary/aromatic N) is 2. The van der Waals surface area contributed by atoms with Crippen LogP contribution in [0.2, 0.25) is 0 Å². The lowest BCUT2D eigenvalue weighted by Gasteiger charge is -2.32. The Bertz CT molecular complexity index is 595. The minimum absolute atomic E-state index is 0.175. The predicted octanol–water partition coefficient (Wildman–Crippen LogP) is 2.27. The van der Waals surface area contributed by atoms with Crippen LogP contribution in [0.5, 0.6) is 0 Å². The van der Waals surface area contributed by atoms with E-state index in [0.29, 0.717) is 25.0 Å². The third kappa shape index (κ3) is 5.09. The molecule has 0 radical (unpaired) electrons. The van der Waals surface area contributed by atoms with Crippen molar-refractivity contribution >= 4 is 5.91 Å². The Morgan fingerprint density at radius 3 is 2.52 bits per heavy atom. The second-order valence-electron chi connectivity index (χ2n) is 8.43. The molecule has 3 saturated heterocycles. The molecule has 0 spiro atoms. The Labute approximate surface area is 163 Å². The molecular formula is C22H33N3O2. The van der Waals surface area contributed by atoms with Gasteiger partial charge in [0.05, 0.1) is 25.3 Å². The van der Waals surface area contributed by atoms with Gasteiger partial charge in [-0.3, -0.25) is 14.6 Å². The summed E-state index contributed by atoms with van der Waals surface area (Å²) >= 11 is 0. The minimum atomic E-state index is 0.175. The summed E-state index contributed by atoms with van der Waals surface area (Å²) in [6, 6.07) is 11.2. The molecule has 2 atom stereocenters. The lowest BCUT2D eigenvalue weighted by molar-refractivity contribution is -0.123. The van der Waals surface area contributed by atoms with E-state index >= 15 is 0 Å². The number of likely N-dealkylation sites (tertiary alicyclic amines) is 2. The molecule has 3 aliphatic rings. The van der Waals surface area contributed by atoms with E-state index in [0.717, 1.165) is 52.2 Å². The lowest BCUT2D eigenvalue weighted by atomic mass is 9.92.